The molecule has 0 fully saturated rings. The van der Waals surface area contributed by atoms with Gasteiger partial charge in [0.1, 0.15) is 5.52 Å². The van der Waals surface area contributed by atoms with Crippen molar-refractivity contribution >= 4 is 28.4 Å². The van der Waals surface area contributed by atoms with Crippen LogP contribution in [-0.2, 0) is 11.2 Å². The summed E-state index contributed by atoms with van der Waals surface area (Å²) >= 11 is 5.93. The van der Waals surface area contributed by atoms with E-state index in [1.54, 1.807) is 19.2 Å². The van der Waals surface area contributed by atoms with Crippen LogP contribution < -0.4 is 5.73 Å². The number of nitrogen functional groups attached to an aromatic ring is 1. The summed E-state index contributed by atoms with van der Waals surface area (Å²) in [5.74, 6) is 0.619. The van der Waals surface area contributed by atoms with Crippen molar-refractivity contribution in [1.29, 1.82) is 0 Å². The monoisotopic (exact) mass is 254 g/mol. The molecule has 1 aromatic heterocycles. The molecule has 92 valence electrons. The Kier molecular flexibility index (Phi) is 3.02. The molecule has 4 nitrogen and oxygen atoms in total. The Bertz CT molecular complexity index is 510. The molecular formula is C12H15ClN2O2. The second kappa shape index (κ2) is 4.20. The number of aromatic nitrogens is 1. The molecule has 0 unspecified atom stereocenters. The zero-order valence-corrected chi connectivity index (χ0v) is 10.8. The standard InChI is InChI=1S/C12H15ClN2O2/c1-12(2,16-3)6-11-15-9-4-7(13)8(14)5-10(9)17-11/h4-5H,6,14H2,1-3H3. The lowest BCUT2D eigenvalue weighted by Gasteiger charge is -2.20. The van der Waals surface area contributed by atoms with Crippen molar-refractivity contribution in [2.24, 2.45) is 0 Å². The maximum atomic E-state index is 5.93. The fraction of sp³-hybridized carbons (Fsp3) is 0.417. The van der Waals surface area contributed by atoms with Crippen LogP contribution in [0, 0.1) is 0 Å². The summed E-state index contributed by atoms with van der Waals surface area (Å²) in [4.78, 5) is 4.36. The van der Waals surface area contributed by atoms with Crippen LogP contribution in [0.4, 0.5) is 5.69 Å². The van der Waals surface area contributed by atoms with E-state index in [2.05, 4.69) is 4.98 Å². The van der Waals surface area contributed by atoms with Gasteiger partial charge in [-0.15, -0.1) is 0 Å². The SMILES string of the molecule is COC(C)(C)Cc1nc2cc(Cl)c(N)cc2o1. The van der Waals surface area contributed by atoms with E-state index in [1.807, 2.05) is 13.8 Å². The first-order valence-electron chi connectivity index (χ1n) is 5.31. The lowest BCUT2D eigenvalue weighted by Crippen LogP contribution is -2.25. The molecule has 0 saturated carbocycles. The van der Waals surface area contributed by atoms with Gasteiger partial charge in [0.15, 0.2) is 11.5 Å². The smallest absolute Gasteiger partial charge is 0.198 e. The highest BCUT2D eigenvalue weighted by atomic mass is 35.5. The molecule has 0 radical (unpaired) electrons. The third kappa shape index (κ3) is 2.53. The molecule has 2 aromatic rings. The second-order valence-corrected chi connectivity index (χ2v) is 5.00. The first kappa shape index (κ1) is 12.2. The van der Waals surface area contributed by atoms with Crippen molar-refractivity contribution in [2.45, 2.75) is 25.9 Å². The van der Waals surface area contributed by atoms with E-state index in [1.165, 1.54) is 0 Å². The number of nitrogens with zero attached hydrogens (tertiary/aromatic N) is 1. The molecule has 0 bridgehead atoms. The van der Waals surface area contributed by atoms with Crippen molar-refractivity contribution in [1.82, 2.24) is 4.98 Å². The third-order valence-electron chi connectivity index (χ3n) is 2.68. The number of nitrogens with two attached hydrogens (primary N) is 1. The molecule has 2 rings (SSSR count). The quantitative estimate of drug-likeness (QED) is 0.856. The molecular weight excluding hydrogens is 240 g/mol. The number of hydrogen-bond donors (Lipinski definition) is 1. The summed E-state index contributed by atoms with van der Waals surface area (Å²) in [7, 11) is 1.66. The fourth-order valence-corrected chi connectivity index (χ4v) is 1.68. The van der Waals surface area contributed by atoms with Crippen LogP contribution in [0.15, 0.2) is 16.5 Å². The predicted octanol–water partition coefficient (Wildman–Crippen LogP) is 3.03. The summed E-state index contributed by atoms with van der Waals surface area (Å²) in [5, 5.41) is 0.489. The van der Waals surface area contributed by atoms with E-state index in [0.29, 0.717) is 34.1 Å². The van der Waals surface area contributed by atoms with E-state index >= 15 is 0 Å². The minimum atomic E-state index is -0.309. The van der Waals surface area contributed by atoms with Crippen LogP contribution in [0.1, 0.15) is 19.7 Å². The van der Waals surface area contributed by atoms with Gasteiger partial charge in [-0.25, -0.2) is 4.98 Å². The van der Waals surface area contributed by atoms with E-state index in [0.717, 1.165) is 0 Å². The van der Waals surface area contributed by atoms with Gasteiger partial charge in [-0.2, -0.15) is 0 Å². The van der Waals surface area contributed by atoms with Crippen LogP contribution in [0.2, 0.25) is 5.02 Å². The normalized spacial score (nSPS) is 12.2. The Balaban J connectivity index is 2.38. The van der Waals surface area contributed by atoms with Crippen molar-refractivity contribution in [3.8, 4) is 0 Å². The molecule has 1 heterocycles. The zero-order chi connectivity index (χ0) is 12.6. The summed E-state index contributed by atoms with van der Waals surface area (Å²) in [6.45, 7) is 3.95. The maximum Gasteiger partial charge on any atom is 0.198 e. The first-order chi connectivity index (χ1) is 7.91. The predicted molar refractivity (Wildman–Crippen MR) is 68.2 cm³/mol. The van der Waals surface area contributed by atoms with Gasteiger partial charge in [0.05, 0.1) is 22.7 Å². The Hall–Kier alpha value is -1.26. The molecule has 0 aliphatic heterocycles. The van der Waals surface area contributed by atoms with Crippen molar-refractivity contribution in [3.05, 3.63) is 23.0 Å². The van der Waals surface area contributed by atoms with Crippen LogP contribution in [0.25, 0.3) is 11.1 Å². The number of benzene rings is 1. The van der Waals surface area contributed by atoms with E-state index < -0.39 is 0 Å². The highest BCUT2D eigenvalue weighted by Crippen LogP contribution is 2.27. The van der Waals surface area contributed by atoms with E-state index in [9.17, 15) is 0 Å². The molecule has 0 saturated heterocycles. The van der Waals surface area contributed by atoms with Gasteiger partial charge >= 0.3 is 0 Å². The minimum Gasteiger partial charge on any atom is -0.441 e. The average molecular weight is 255 g/mol. The Labute approximate surface area is 105 Å². The van der Waals surface area contributed by atoms with Crippen molar-refractivity contribution in [3.63, 3.8) is 0 Å². The summed E-state index contributed by atoms with van der Waals surface area (Å²) in [6, 6.07) is 3.40. The number of fused-ring (bicyclic) bond motifs is 1. The molecule has 0 aliphatic rings. The number of methoxy groups -OCH3 is 1. The minimum absolute atomic E-state index is 0.309. The second-order valence-electron chi connectivity index (χ2n) is 4.59. The highest BCUT2D eigenvalue weighted by molar-refractivity contribution is 6.33. The molecule has 0 atom stereocenters. The summed E-state index contributed by atoms with van der Waals surface area (Å²) in [5.41, 5.74) is 7.25. The molecule has 0 aliphatic carbocycles. The Morgan fingerprint density at radius 3 is 2.82 bits per heavy atom. The molecule has 0 spiro atoms. The largest absolute Gasteiger partial charge is 0.441 e. The number of anilines is 1. The highest BCUT2D eigenvalue weighted by Gasteiger charge is 2.21. The molecule has 1 aromatic carbocycles. The van der Waals surface area contributed by atoms with Gasteiger partial charge in [0.25, 0.3) is 0 Å². The molecule has 0 amide bonds. The Morgan fingerprint density at radius 2 is 2.18 bits per heavy atom. The zero-order valence-electron chi connectivity index (χ0n) is 10.1. The van der Waals surface area contributed by atoms with Gasteiger partial charge in [0.2, 0.25) is 0 Å². The molecule has 17 heavy (non-hydrogen) atoms. The fourth-order valence-electron chi connectivity index (χ4n) is 1.52. The topological polar surface area (TPSA) is 61.3 Å². The summed E-state index contributed by atoms with van der Waals surface area (Å²) in [6.07, 6.45) is 0.593. The lowest BCUT2D eigenvalue weighted by molar-refractivity contribution is 0.0184. The van der Waals surface area contributed by atoms with Crippen LogP contribution in [-0.4, -0.2) is 17.7 Å². The van der Waals surface area contributed by atoms with Crippen LogP contribution >= 0.6 is 11.6 Å². The first-order valence-corrected chi connectivity index (χ1v) is 5.69. The van der Waals surface area contributed by atoms with Gasteiger partial charge in [0, 0.05) is 13.2 Å². The van der Waals surface area contributed by atoms with E-state index in [-0.39, 0.29) is 5.60 Å². The van der Waals surface area contributed by atoms with E-state index in [4.69, 9.17) is 26.5 Å². The maximum absolute atomic E-state index is 5.93. The number of rotatable bonds is 3. The third-order valence-corrected chi connectivity index (χ3v) is 3.01. The lowest BCUT2D eigenvalue weighted by atomic mass is 10.1. The number of halogens is 1. The number of oxazole rings is 1. The number of ether oxygens (including phenoxy) is 1. The summed E-state index contributed by atoms with van der Waals surface area (Å²) < 4.78 is 10.9. The van der Waals surface area contributed by atoms with Gasteiger partial charge < -0.3 is 14.9 Å². The van der Waals surface area contributed by atoms with Crippen molar-refractivity contribution in [2.75, 3.05) is 12.8 Å². The van der Waals surface area contributed by atoms with Crippen LogP contribution in [0.3, 0.4) is 0 Å². The Morgan fingerprint density at radius 1 is 1.47 bits per heavy atom. The van der Waals surface area contributed by atoms with Gasteiger partial charge in [-0.3, -0.25) is 0 Å². The van der Waals surface area contributed by atoms with Crippen molar-refractivity contribution < 1.29 is 9.15 Å². The van der Waals surface area contributed by atoms with Gasteiger partial charge in [-0.05, 0) is 19.9 Å². The number of hydrogen-bond acceptors (Lipinski definition) is 4. The van der Waals surface area contributed by atoms with Gasteiger partial charge in [-0.1, -0.05) is 11.6 Å². The average Bonchev–Trinajstić information content (AvgIpc) is 2.59. The molecule has 2 N–H and O–H groups in total. The molecule has 5 heteroatoms. The van der Waals surface area contributed by atoms with Crippen LogP contribution in [0.5, 0.6) is 0 Å².